The van der Waals surface area contributed by atoms with Crippen LogP contribution in [0, 0.1) is 0 Å². The monoisotopic (exact) mass is 321 g/mol. The molecule has 2 fully saturated rings. The molecular weight excluding hydrogens is 290 g/mol. The van der Waals surface area contributed by atoms with Crippen molar-refractivity contribution >= 4 is 11.9 Å². The van der Waals surface area contributed by atoms with Crippen LogP contribution in [-0.2, 0) is 4.79 Å². The molecule has 1 unspecified atom stereocenters. The van der Waals surface area contributed by atoms with Crippen molar-refractivity contribution < 1.29 is 4.79 Å². The average molecular weight is 321 g/mol. The zero-order valence-electron chi connectivity index (χ0n) is 14.6. The van der Waals surface area contributed by atoms with Crippen molar-refractivity contribution in [2.75, 3.05) is 52.4 Å². The number of piperazine rings is 1. The first kappa shape index (κ1) is 17.8. The van der Waals surface area contributed by atoms with Gasteiger partial charge in [-0.3, -0.25) is 9.69 Å². The number of guanidine groups is 1. The highest BCUT2D eigenvalue weighted by Crippen LogP contribution is 2.14. The van der Waals surface area contributed by atoms with E-state index in [1.807, 2.05) is 17.9 Å². The van der Waals surface area contributed by atoms with Gasteiger partial charge in [0.05, 0.1) is 12.6 Å². The van der Waals surface area contributed by atoms with E-state index in [9.17, 15) is 4.79 Å². The molecule has 2 saturated heterocycles. The molecule has 2 heterocycles. The van der Waals surface area contributed by atoms with E-state index in [1.54, 1.807) is 0 Å². The van der Waals surface area contributed by atoms with Crippen LogP contribution in [0.1, 0.15) is 26.7 Å². The predicted molar refractivity (Wildman–Crippen MR) is 94.6 cm³/mol. The number of carbonyl (C=O) groups excluding carboxylic acids is 1. The Bertz CT molecular complexity index is 423. The molecule has 0 aromatic heterocycles. The highest BCUT2D eigenvalue weighted by atomic mass is 16.2. The maximum absolute atomic E-state index is 12.5. The van der Waals surface area contributed by atoms with Crippen LogP contribution in [0.3, 0.4) is 0 Å². The third-order valence-corrected chi connectivity index (χ3v) is 4.64. The normalized spacial score (nSPS) is 21.4. The summed E-state index contributed by atoms with van der Waals surface area (Å²) in [6.07, 6.45) is 4.11. The van der Waals surface area contributed by atoms with Crippen molar-refractivity contribution in [3.05, 3.63) is 12.7 Å². The van der Waals surface area contributed by atoms with E-state index in [0.717, 1.165) is 64.6 Å². The van der Waals surface area contributed by atoms with E-state index in [2.05, 4.69) is 33.6 Å². The summed E-state index contributed by atoms with van der Waals surface area (Å²) in [4.78, 5) is 23.7. The number of rotatable bonds is 5. The highest BCUT2D eigenvalue weighted by Gasteiger charge is 2.30. The molecule has 0 spiro atoms. The number of hydrogen-bond acceptors (Lipinski definition) is 3. The first-order chi connectivity index (χ1) is 11.2. The molecular formula is C17H31N5O. The maximum Gasteiger partial charge on any atom is 0.239 e. The van der Waals surface area contributed by atoms with Crippen LogP contribution < -0.4 is 5.32 Å². The number of nitrogens with zero attached hydrogens (tertiary/aromatic N) is 4. The summed E-state index contributed by atoms with van der Waals surface area (Å²) in [5.41, 5.74) is 0. The molecule has 0 radical (unpaired) electrons. The van der Waals surface area contributed by atoms with Crippen LogP contribution in [0.25, 0.3) is 0 Å². The van der Waals surface area contributed by atoms with Gasteiger partial charge in [0.1, 0.15) is 0 Å². The van der Waals surface area contributed by atoms with E-state index < -0.39 is 0 Å². The number of carbonyl (C=O) groups is 1. The molecule has 0 aromatic rings. The topological polar surface area (TPSA) is 51.2 Å². The molecule has 0 bridgehead atoms. The van der Waals surface area contributed by atoms with Gasteiger partial charge in [0.25, 0.3) is 0 Å². The van der Waals surface area contributed by atoms with Crippen LogP contribution in [-0.4, -0.2) is 85.0 Å². The Kier molecular flexibility index (Phi) is 6.89. The SMILES string of the molecule is C=CCN=C(NCC)N1CCN(C(C)C(=O)N2CCCC2)CC1. The molecule has 6 nitrogen and oxygen atoms in total. The number of likely N-dealkylation sites (tertiary alicyclic amines) is 1. The lowest BCUT2D eigenvalue weighted by atomic mass is 10.2. The second kappa shape index (κ2) is 8.91. The minimum Gasteiger partial charge on any atom is -0.357 e. The molecule has 2 rings (SSSR count). The van der Waals surface area contributed by atoms with Crippen molar-refractivity contribution in [1.82, 2.24) is 20.0 Å². The van der Waals surface area contributed by atoms with Gasteiger partial charge in [-0.05, 0) is 26.7 Å². The lowest BCUT2D eigenvalue weighted by Gasteiger charge is -2.39. The Labute approximate surface area is 140 Å². The Morgan fingerprint density at radius 2 is 1.83 bits per heavy atom. The summed E-state index contributed by atoms with van der Waals surface area (Å²) in [7, 11) is 0. The number of nitrogens with one attached hydrogen (secondary N) is 1. The third-order valence-electron chi connectivity index (χ3n) is 4.64. The van der Waals surface area contributed by atoms with Crippen molar-refractivity contribution in [3.63, 3.8) is 0 Å². The second-order valence-corrected chi connectivity index (χ2v) is 6.21. The Hall–Kier alpha value is -1.56. The van der Waals surface area contributed by atoms with Gasteiger partial charge >= 0.3 is 0 Å². The molecule has 1 atom stereocenters. The van der Waals surface area contributed by atoms with Crippen molar-refractivity contribution in [2.24, 2.45) is 4.99 Å². The van der Waals surface area contributed by atoms with Gasteiger partial charge in [0.2, 0.25) is 5.91 Å². The van der Waals surface area contributed by atoms with Gasteiger partial charge in [0.15, 0.2) is 5.96 Å². The zero-order chi connectivity index (χ0) is 16.7. The Balaban J connectivity index is 1.86. The minimum atomic E-state index is -0.0112. The molecule has 6 heteroatoms. The molecule has 0 aromatic carbocycles. The van der Waals surface area contributed by atoms with Crippen LogP contribution in [0.4, 0.5) is 0 Å². The quantitative estimate of drug-likeness (QED) is 0.462. The molecule has 2 aliphatic rings. The van der Waals surface area contributed by atoms with Crippen LogP contribution in [0.5, 0.6) is 0 Å². The van der Waals surface area contributed by atoms with Gasteiger partial charge < -0.3 is 15.1 Å². The maximum atomic E-state index is 12.5. The largest absolute Gasteiger partial charge is 0.357 e. The fraction of sp³-hybridized carbons (Fsp3) is 0.765. The molecule has 0 saturated carbocycles. The molecule has 23 heavy (non-hydrogen) atoms. The molecule has 1 amide bonds. The number of hydrogen-bond donors (Lipinski definition) is 1. The fourth-order valence-corrected chi connectivity index (χ4v) is 3.26. The average Bonchev–Trinajstić information content (AvgIpc) is 3.12. The van der Waals surface area contributed by atoms with E-state index in [4.69, 9.17) is 0 Å². The van der Waals surface area contributed by atoms with E-state index in [0.29, 0.717) is 12.5 Å². The Morgan fingerprint density at radius 1 is 1.17 bits per heavy atom. The van der Waals surface area contributed by atoms with E-state index in [-0.39, 0.29) is 6.04 Å². The standard InChI is InChI=1S/C17H31N5O/c1-4-8-19-17(18-5-2)22-13-11-20(12-14-22)15(3)16(23)21-9-6-7-10-21/h4,15H,1,5-14H2,2-3H3,(H,18,19). The van der Waals surface area contributed by atoms with Gasteiger partial charge in [-0.25, -0.2) is 4.99 Å². The van der Waals surface area contributed by atoms with Gasteiger partial charge in [-0.2, -0.15) is 0 Å². The van der Waals surface area contributed by atoms with Crippen molar-refractivity contribution in [3.8, 4) is 0 Å². The molecule has 130 valence electrons. The third kappa shape index (κ3) is 4.70. The van der Waals surface area contributed by atoms with Crippen LogP contribution in [0.15, 0.2) is 17.6 Å². The summed E-state index contributed by atoms with van der Waals surface area (Å²) in [6, 6.07) is -0.0112. The smallest absolute Gasteiger partial charge is 0.239 e. The number of amides is 1. The molecule has 2 aliphatic heterocycles. The second-order valence-electron chi connectivity index (χ2n) is 6.21. The van der Waals surface area contributed by atoms with Gasteiger partial charge in [0, 0.05) is 45.8 Å². The summed E-state index contributed by atoms with van der Waals surface area (Å²) in [5.74, 6) is 1.24. The first-order valence-electron chi connectivity index (χ1n) is 8.84. The van der Waals surface area contributed by atoms with E-state index in [1.165, 1.54) is 0 Å². The predicted octanol–water partition coefficient (Wildman–Crippen LogP) is 0.766. The number of aliphatic imine (C=N–C) groups is 1. The minimum absolute atomic E-state index is 0.0112. The highest BCUT2D eigenvalue weighted by molar-refractivity contribution is 5.82. The summed E-state index contributed by atoms with van der Waals surface area (Å²) in [5, 5.41) is 3.33. The lowest BCUT2D eigenvalue weighted by molar-refractivity contribution is -0.135. The molecule has 1 N–H and O–H groups in total. The van der Waals surface area contributed by atoms with Gasteiger partial charge in [-0.1, -0.05) is 6.08 Å². The lowest BCUT2D eigenvalue weighted by Crippen LogP contribution is -2.57. The zero-order valence-corrected chi connectivity index (χ0v) is 14.6. The molecule has 0 aliphatic carbocycles. The summed E-state index contributed by atoms with van der Waals surface area (Å²) in [6.45, 7) is 14.8. The first-order valence-corrected chi connectivity index (χ1v) is 8.84. The van der Waals surface area contributed by atoms with Crippen molar-refractivity contribution in [1.29, 1.82) is 0 Å². The fourth-order valence-electron chi connectivity index (χ4n) is 3.26. The van der Waals surface area contributed by atoms with Gasteiger partial charge in [-0.15, -0.1) is 6.58 Å². The Morgan fingerprint density at radius 3 is 2.39 bits per heavy atom. The van der Waals surface area contributed by atoms with Crippen LogP contribution in [0.2, 0.25) is 0 Å². The van der Waals surface area contributed by atoms with E-state index >= 15 is 0 Å². The summed E-state index contributed by atoms with van der Waals surface area (Å²) < 4.78 is 0. The van der Waals surface area contributed by atoms with Crippen LogP contribution >= 0.6 is 0 Å². The summed E-state index contributed by atoms with van der Waals surface area (Å²) >= 11 is 0. The van der Waals surface area contributed by atoms with Crippen molar-refractivity contribution in [2.45, 2.75) is 32.7 Å².